The Balaban J connectivity index is 1.94. The lowest BCUT2D eigenvalue weighted by molar-refractivity contribution is 0.0762. The second kappa shape index (κ2) is 10.1. The summed E-state index contributed by atoms with van der Waals surface area (Å²) in [6, 6.07) is 8.64. The minimum absolute atomic E-state index is 0.0315. The highest BCUT2D eigenvalue weighted by Gasteiger charge is 2.29. The number of carbonyl (C=O) groups is 1. The number of β-amino-alcohol motifs (C(OH)–C–C–N with tert-alkyl or cyclic N) is 1. The number of aromatic hydroxyl groups is 1. The molecule has 0 aliphatic carbocycles. The summed E-state index contributed by atoms with van der Waals surface area (Å²) in [7, 11) is 0. The Kier molecular flexibility index (Phi) is 7.71. The van der Waals surface area contributed by atoms with Crippen LogP contribution in [0.4, 0.5) is 5.69 Å². The number of nitrogens with zero attached hydrogens (tertiary/aromatic N) is 3. The van der Waals surface area contributed by atoms with E-state index in [0.717, 1.165) is 4.88 Å². The fraction of sp³-hybridized carbons (Fsp3) is 0.435. The monoisotopic (exact) mass is 489 g/mol. The number of para-hydroxylation sites is 1. The van der Waals surface area contributed by atoms with Gasteiger partial charge in [-0.25, -0.2) is 4.99 Å². The van der Waals surface area contributed by atoms with Gasteiger partial charge in [-0.1, -0.05) is 39.7 Å². The van der Waals surface area contributed by atoms with Gasteiger partial charge in [-0.05, 0) is 43.0 Å². The van der Waals surface area contributed by atoms with Crippen LogP contribution < -0.4 is 10.5 Å². The van der Waals surface area contributed by atoms with Crippen molar-refractivity contribution >= 4 is 47.4 Å². The number of hydrogen-bond acceptors (Lipinski definition) is 7. The molecule has 1 aliphatic rings. The van der Waals surface area contributed by atoms with Gasteiger partial charge in [0.15, 0.2) is 17.4 Å². The number of benzene rings is 1. The first-order chi connectivity index (χ1) is 15.5. The zero-order valence-corrected chi connectivity index (χ0v) is 21.0. The van der Waals surface area contributed by atoms with Crippen LogP contribution in [0.25, 0.3) is 0 Å². The molecular formula is C23H31N5O3S2. The van der Waals surface area contributed by atoms with Gasteiger partial charge >= 0.3 is 0 Å². The summed E-state index contributed by atoms with van der Waals surface area (Å²) in [6.45, 7) is 9.00. The number of likely N-dealkylation sites (tertiary alicyclic amines) is 1. The standard InChI is InChI=1S/C23H31N5O3S2/c1-13-8-9-17(33-13)19(23(2,3)4)26-21(27-32)20(24)25-16-7-5-6-15(18(16)30)22(31)28-11-10-14(29)12-28/h5-9,14,19,29-30,32H,10-12H2,1-4H3,(H2,24,25)(H,26,27)/t14-,19+/m1/s1. The first kappa shape index (κ1) is 25.1. The second-order valence-corrected chi connectivity index (χ2v) is 10.7. The van der Waals surface area contributed by atoms with E-state index in [0.29, 0.717) is 13.0 Å². The molecule has 2 aromatic rings. The molecule has 2 heterocycles. The number of aliphatic hydroxyl groups is 1. The Bertz CT molecular complexity index is 1070. The van der Waals surface area contributed by atoms with Gasteiger partial charge in [0.2, 0.25) is 0 Å². The number of aryl methyl sites for hydroxylation is 1. The molecule has 8 nitrogen and oxygen atoms in total. The lowest BCUT2D eigenvalue weighted by Gasteiger charge is -2.27. The zero-order chi connectivity index (χ0) is 24.3. The van der Waals surface area contributed by atoms with Crippen molar-refractivity contribution < 1.29 is 15.0 Å². The molecule has 10 heteroatoms. The first-order valence-corrected chi connectivity index (χ1v) is 12.0. The third kappa shape index (κ3) is 5.87. The second-order valence-electron chi connectivity index (χ2n) is 9.17. The number of phenols is 1. The van der Waals surface area contributed by atoms with Crippen LogP contribution in [0.15, 0.2) is 40.3 Å². The summed E-state index contributed by atoms with van der Waals surface area (Å²) in [5, 5.41) is 20.4. The Morgan fingerprint density at radius 3 is 2.61 bits per heavy atom. The van der Waals surface area contributed by atoms with Gasteiger partial charge in [-0.15, -0.1) is 11.3 Å². The van der Waals surface area contributed by atoms with E-state index >= 15 is 0 Å². The van der Waals surface area contributed by atoms with Gasteiger partial charge in [0.25, 0.3) is 5.91 Å². The maximum Gasteiger partial charge on any atom is 0.257 e. The Morgan fingerprint density at radius 1 is 1.33 bits per heavy atom. The van der Waals surface area contributed by atoms with E-state index in [1.807, 2.05) is 6.92 Å². The van der Waals surface area contributed by atoms with E-state index in [2.05, 4.69) is 55.4 Å². The fourth-order valence-electron chi connectivity index (χ4n) is 3.64. The molecule has 0 bridgehead atoms. The van der Waals surface area contributed by atoms with Crippen molar-refractivity contribution in [2.24, 2.45) is 21.1 Å². The van der Waals surface area contributed by atoms with E-state index < -0.39 is 6.10 Å². The summed E-state index contributed by atoms with van der Waals surface area (Å²) in [5.41, 5.74) is 6.31. The minimum Gasteiger partial charge on any atom is -0.505 e. The molecule has 178 valence electrons. The van der Waals surface area contributed by atoms with Gasteiger partial charge in [0.05, 0.1) is 17.7 Å². The molecule has 1 amide bonds. The normalized spacial score (nSPS) is 18.5. The molecule has 1 fully saturated rings. The van der Waals surface area contributed by atoms with E-state index in [1.165, 1.54) is 15.8 Å². The van der Waals surface area contributed by atoms with Gasteiger partial charge in [0.1, 0.15) is 5.69 Å². The summed E-state index contributed by atoms with van der Waals surface area (Å²) in [4.78, 5) is 25.7. The molecule has 1 saturated heterocycles. The quantitative estimate of drug-likeness (QED) is 0.255. The number of aliphatic imine (C=N–C) groups is 2. The summed E-state index contributed by atoms with van der Waals surface area (Å²) >= 11 is 5.84. The van der Waals surface area contributed by atoms with E-state index in [9.17, 15) is 15.0 Å². The molecule has 3 rings (SSSR count). The van der Waals surface area contributed by atoms with E-state index in [1.54, 1.807) is 23.5 Å². The predicted octanol–water partition coefficient (Wildman–Crippen LogP) is 3.58. The summed E-state index contributed by atoms with van der Waals surface area (Å²) in [6.07, 6.45) is -0.0280. The Morgan fingerprint density at radius 2 is 2.06 bits per heavy atom. The number of hydrogen-bond donors (Lipinski definition) is 5. The van der Waals surface area contributed by atoms with Gasteiger partial charge in [0, 0.05) is 22.8 Å². The van der Waals surface area contributed by atoms with Crippen LogP contribution in [-0.4, -0.2) is 51.9 Å². The van der Waals surface area contributed by atoms with Crippen molar-refractivity contribution in [2.45, 2.75) is 46.3 Å². The number of aliphatic hydroxyl groups excluding tert-OH is 1. The average Bonchev–Trinajstić information content (AvgIpc) is 3.37. The fourth-order valence-corrected chi connectivity index (χ4v) is 4.97. The van der Waals surface area contributed by atoms with Crippen molar-refractivity contribution in [1.29, 1.82) is 0 Å². The zero-order valence-electron chi connectivity index (χ0n) is 19.2. The molecule has 1 aromatic heterocycles. The largest absolute Gasteiger partial charge is 0.505 e. The highest BCUT2D eigenvalue weighted by molar-refractivity contribution is 7.78. The van der Waals surface area contributed by atoms with Crippen LogP contribution in [0, 0.1) is 12.3 Å². The highest BCUT2D eigenvalue weighted by atomic mass is 32.1. The first-order valence-electron chi connectivity index (χ1n) is 10.7. The lowest BCUT2D eigenvalue weighted by Crippen LogP contribution is -2.33. The van der Waals surface area contributed by atoms with Crippen LogP contribution in [-0.2, 0) is 0 Å². The molecule has 5 N–H and O–H groups in total. The number of rotatable bonds is 4. The molecule has 0 radical (unpaired) electrons. The van der Waals surface area contributed by atoms with Crippen LogP contribution >= 0.6 is 24.2 Å². The molecule has 1 aliphatic heterocycles. The number of thiophene rings is 1. The van der Waals surface area contributed by atoms with Gasteiger partial charge < -0.3 is 25.6 Å². The summed E-state index contributed by atoms with van der Waals surface area (Å²) in [5.74, 6) is -0.333. The average molecular weight is 490 g/mol. The van der Waals surface area contributed by atoms with Gasteiger partial charge in [-0.2, -0.15) is 0 Å². The van der Waals surface area contributed by atoms with E-state index in [-0.39, 0.29) is 52.6 Å². The molecule has 2 atom stereocenters. The maximum atomic E-state index is 12.8. The van der Waals surface area contributed by atoms with Crippen LogP contribution in [0.2, 0.25) is 0 Å². The topological polar surface area (TPSA) is 124 Å². The van der Waals surface area contributed by atoms with Crippen molar-refractivity contribution in [3.63, 3.8) is 0 Å². The number of amidine groups is 2. The Hall–Kier alpha value is -2.56. The Labute approximate surface area is 203 Å². The van der Waals surface area contributed by atoms with Crippen LogP contribution in [0.1, 0.15) is 53.3 Å². The highest BCUT2D eigenvalue weighted by Crippen LogP contribution is 2.39. The van der Waals surface area contributed by atoms with Crippen molar-refractivity contribution in [3.8, 4) is 5.75 Å². The number of nitrogens with two attached hydrogens (primary N) is 1. The van der Waals surface area contributed by atoms with Gasteiger partial charge in [-0.3, -0.25) is 9.79 Å². The van der Waals surface area contributed by atoms with Crippen LogP contribution in [0.5, 0.6) is 5.75 Å². The molecule has 1 aromatic carbocycles. The van der Waals surface area contributed by atoms with Crippen molar-refractivity contribution in [1.82, 2.24) is 9.62 Å². The molecule has 0 saturated carbocycles. The smallest absolute Gasteiger partial charge is 0.257 e. The number of carbonyl (C=O) groups excluding carboxylic acids is 1. The number of thiol groups is 1. The SMILES string of the molecule is Cc1ccc([C@H](N=C(NS)C(N)=Nc2cccc(C(=O)N3CC[C@@H](O)C3)c2O)C(C)(C)C)s1. The summed E-state index contributed by atoms with van der Waals surface area (Å²) < 4.78 is 2.72. The number of nitrogens with one attached hydrogen (secondary N) is 1. The molecular weight excluding hydrogens is 458 g/mol. The maximum absolute atomic E-state index is 12.8. The lowest BCUT2D eigenvalue weighted by atomic mass is 9.86. The van der Waals surface area contributed by atoms with Crippen molar-refractivity contribution in [2.75, 3.05) is 13.1 Å². The minimum atomic E-state index is -0.545. The molecule has 0 unspecified atom stereocenters. The van der Waals surface area contributed by atoms with Crippen molar-refractivity contribution in [3.05, 3.63) is 45.6 Å². The van der Waals surface area contributed by atoms with Crippen LogP contribution in [0.3, 0.4) is 0 Å². The third-order valence-electron chi connectivity index (χ3n) is 5.39. The molecule has 0 spiro atoms. The predicted molar refractivity (Wildman–Crippen MR) is 137 cm³/mol. The molecule has 33 heavy (non-hydrogen) atoms. The number of amides is 1. The number of phenolic OH excluding ortho intramolecular Hbond substituents is 1. The van der Waals surface area contributed by atoms with E-state index in [4.69, 9.17) is 10.7 Å². The third-order valence-corrected chi connectivity index (χ3v) is 6.66.